The number of benzene rings is 1. The summed E-state index contributed by atoms with van der Waals surface area (Å²) in [7, 11) is 1.79. The molecule has 0 aliphatic carbocycles. The van der Waals surface area contributed by atoms with Gasteiger partial charge in [0.05, 0.1) is 13.2 Å². The second-order valence-corrected chi connectivity index (χ2v) is 8.06. The lowest BCUT2D eigenvalue weighted by Crippen LogP contribution is -2.40. The number of nitrogens with one attached hydrogen (secondary N) is 1. The summed E-state index contributed by atoms with van der Waals surface area (Å²) in [6.07, 6.45) is 3.79. The first-order valence-corrected chi connectivity index (χ1v) is 10.6. The van der Waals surface area contributed by atoms with Crippen LogP contribution in [0.1, 0.15) is 38.7 Å². The van der Waals surface area contributed by atoms with Gasteiger partial charge in [0.25, 0.3) is 0 Å². The molecule has 5 heteroatoms. The van der Waals surface area contributed by atoms with Crippen LogP contribution in [-0.2, 0) is 11.3 Å². The second kappa shape index (κ2) is 9.98. The summed E-state index contributed by atoms with van der Waals surface area (Å²) < 4.78 is 5.32. The van der Waals surface area contributed by atoms with Crippen molar-refractivity contribution < 1.29 is 4.74 Å². The Morgan fingerprint density at radius 2 is 1.89 bits per heavy atom. The molecule has 2 fully saturated rings. The van der Waals surface area contributed by atoms with Crippen molar-refractivity contribution in [2.75, 3.05) is 51.3 Å². The Balaban J connectivity index is 1.57. The minimum Gasteiger partial charge on any atom is -0.384 e. The van der Waals surface area contributed by atoms with Gasteiger partial charge in [-0.3, -0.25) is 0 Å². The maximum atomic E-state index is 5.32. The summed E-state index contributed by atoms with van der Waals surface area (Å²) in [5, 5.41) is 3.45. The van der Waals surface area contributed by atoms with Gasteiger partial charge in [-0.15, -0.1) is 0 Å². The van der Waals surface area contributed by atoms with Crippen molar-refractivity contribution in [3.05, 3.63) is 29.8 Å². The molecule has 3 rings (SSSR count). The number of ether oxygens (including phenoxy) is 1. The third-order valence-electron chi connectivity index (χ3n) is 5.82. The lowest BCUT2D eigenvalue weighted by molar-refractivity contribution is 0.157. The molecule has 2 aliphatic heterocycles. The van der Waals surface area contributed by atoms with Crippen LogP contribution in [0, 0.1) is 11.8 Å². The Hall–Kier alpha value is -1.75. The summed E-state index contributed by atoms with van der Waals surface area (Å²) in [6, 6.07) is 8.99. The molecule has 5 nitrogen and oxygen atoms in total. The molecule has 27 heavy (non-hydrogen) atoms. The molecule has 1 atom stereocenters. The number of methoxy groups -OCH3 is 1. The number of piperidine rings is 1. The first kappa shape index (κ1) is 20.0. The number of rotatable bonds is 6. The van der Waals surface area contributed by atoms with Gasteiger partial charge in [0, 0.05) is 51.4 Å². The predicted molar refractivity (Wildman–Crippen MR) is 113 cm³/mol. The molecule has 0 radical (unpaired) electrons. The summed E-state index contributed by atoms with van der Waals surface area (Å²) in [4.78, 5) is 9.77. The topological polar surface area (TPSA) is 40.1 Å². The Bertz CT molecular complexity index is 593. The lowest BCUT2D eigenvalue weighted by Gasteiger charge is -2.32. The van der Waals surface area contributed by atoms with Gasteiger partial charge < -0.3 is 19.9 Å². The normalized spacial score (nSPS) is 21.7. The average Bonchev–Trinajstić information content (AvgIpc) is 3.15. The van der Waals surface area contributed by atoms with Gasteiger partial charge in [-0.2, -0.15) is 0 Å². The van der Waals surface area contributed by atoms with E-state index in [1.54, 1.807) is 7.11 Å². The molecular formula is C22H36N4O. The largest absolute Gasteiger partial charge is 0.384 e. The quantitative estimate of drug-likeness (QED) is 0.614. The lowest BCUT2D eigenvalue weighted by atomic mass is 9.99. The van der Waals surface area contributed by atoms with E-state index in [0.717, 1.165) is 44.7 Å². The van der Waals surface area contributed by atoms with Gasteiger partial charge in [-0.1, -0.05) is 19.1 Å². The molecule has 1 N–H and O–H groups in total. The average molecular weight is 373 g/mol. The molecule has 0 spiro atoms. The third-order valence-corrected chi connectivity index (χ3v) is 5.82. The van der Waals surface area contributed by atoms with Gasteiger partial charge in [0.15, 0.2) is 5.96 Å². The van der Waals surface area contributed by atoms with Crippen LogP contribution in [0.2, 0.25) is 0 Å². The Labute approximate surface area is 164 Å². The first-order chi connectivity index (χ1) is 13.2. The first-order valence-electron chi connectivity index (χ1n) is 10.6. The highest BCUT2D eigenvalue weighted by Crippen LogP contribution is 2.23. The van der Waals surface area contributed by atoms with E-state index in [0.29, 0.717) is 5.92 Å². The maximum absolute atomic E-state index is 5.32. The summed E-state index contributed by atoms with van der Waals surface area (Å²) in [6.45, 7) is 11.4. The molecule has 2 aliphatic rings. The molecule has 0 amide bonds. The fourth-order valence-electron chi connectivity index (χ4n) is 4.07. The number of hydrogen-bond acceptors (Lipinski definition) is 3. The van der Waals surface area contributed by atoms with Crippen LogP contribution in [0.5, 0.6) is 0 Å². The van der Waals surface area contributed by atoms with Crippen LogP contribution < -0.4 is 10.2 Å². The van der Waals surface area contributed by atoms with Crippen LogP contribution in [0.3, 0.4) is 0 Å². The molecule has 2 saturated heterocycles. The highest BCUT2D eigenvalue weighted by atomic mass is 16.5. The van der Waals surface area contributed by atoms with E-state index in [1.165, 1.54) is 43.6 Å². The van der Waals surface area contributed by atoms with Crippen LogP contribution >= 0.6 is 0 Å². The van der Waals surface area contributed by atoms with Gasteiger partial charge in [-0.25, -0.2) is 4.99 Å². The fraction of sp³-hybridized carbons (Fsp3) is 0.682. The van der Waals surface area contributed by atoms with Crippen LogP contribution in [0.25, 0.3) is 0 Å². The van der Waals surface area contributed by atoms with Crippen molar-refractivity contribution >= 4 is 11.6 Å². The van der Waals surface area contributed by atoms with E-state index in [-0.39, 0.29) is 0 Å². The Morgan fingerprint density at radius 1 is 1.15 bits per heavy atom. The molecular weight excluding hydrogens is 336 g/mol. The second-order valence-electron chi connectivity index (χ2n) is 8.06. The summed E-state index contributed by atoms with van der Waals surface area (Å²) in [5.74, 6) is 2.52. The van der Waals surface area contributed by atoms with E-state index in [1.807, 2.05) is 0 Å². The molecule has 0 aromatic heterocycles. The van der Waals surface area contributed by atoms with Crippen molar-refractivity contribution in [2.24, 2.45) is 16.8 Å². The Kier molecular flexibility index (Phi) is 7.39. The SMILES string of the molecule is CCNC(=NCc1ccc(N2CCC(C)CC2)cc1)N1CCC(COC)C1. The zero-order chi connectivity index (χ0) is 19.1. The van der Waals surface area contributed by atoms with Gasteiger partial charge in [0.2, 0.25) is 0 Å². The number of guanidine groups is 1. The number of likely N-dealkylation sites (tertiary alicyclic amines) is 1. The number of hydrogen-bond donors (Lipinski definition) is 1. The van der Waals surface area contributed by atoms with Crippen molar-refractivity contribution in [1.82, 2.24) is 10.2 Å². The monoisotopic (exact) mass is 372 g/mol. The van der Waals surface area contributed by atoms with Gasteiger partial charge >= 0.3 is 0 Å². The highest BCUT2D eigenvalue weighted by Gasteiger charge is 2.24. The predicted octanol–water partition coefficient (Wildman–Crippen LogP) is 3.36. The van der Waals surface area contributed by atoms with Crippen molar-refractivity contribution in [3.63, 3.8) is 0 Å². The zero-order valence-electron chi connectivity index (χ0n) is 17.3. The molecule has 2 heterocycles. The van der Waals surface area contributed by atoms with Crippen molar-refractivity contribution in [2.45, 2.75) is 39.7 Å². The summed E-state index contributed by atoms with van der Waals surface area (Å²) in [5.41, 5.74) is 2.62. The number of anilines is 1. The molecule has 0 saturated carbocycles. The van der Waals surface area contributed by atoms with Crippen LogP contribution in [0.4, 0.5) is 5.69 Å². The van der Waals surface area contributed by atoms with Crippen LogP contribution in [0.15, 0.2) is 29.3 Å². The van der Waals surface area contributed by atoms with E-state index < -0.39 is 0 Å². The van der Waals surface area contributed by atoms with E-state index in [2.05, 4.69) is 53.2 Å². The molecule has 1 unspecified atom stereocenters. The van der Waals surface area contributed by atoms with E-state index in [4.69, 9.17) is 9.73 Å². The van der Waals surface area contributed by atoms with Gasteiger partial charge in [0.1, 0.15) is 0 Å². The minimum absolute atomic E-state index is 0.616. The standard InChI is InChI=1S/C22H36N4O/c1-4-23-22(26-14-11-20(16-26)17-27-3)24-15-19-5-7-21(8-6-19)25-12-9-18(2)10-13-25/h5-8,18,20H,4,9-17H2,1-3H3,(H,23,24). The van der Waals surface area contributed by atoms with Crippen molar-refractivity contribution in [1.29, 1.82) is 0 Å². The van der Waals surface area contributed by atoms with Crippen molar-refractivity contribution in [3.8, 4) is 0 Å². The van der Waals surface area contributed by atoms with E-state index >= 15 is 0 Å². The fourth-order valence-corrected chi connectivity index (χ4v) is 4.07. The minimum atomic E-state index is 0.616. The zero-order valence-corrected chi connectivity index (χ0v) is 17.3. The molecule has 150 valence electrons. The van der Waals surface area contributed by atoms with E-state index in [9.17, 15) is 0 Å². The smallest absolute Gasteiger partial charge is 0.194 e. The van der Waals surface area contributed by atoms with Gasteiger partial charge in [-0.05, 0) is 49.8 Å². The highest BCUT2D eigenvalue weighted by molar-refractivity contribution is 5.80. The maximum Gasteiger partial charge on any atom is 0.194 e. The molecule has 0 bridgehead atoms. The number of nitrogens with zero attached hydrogens (tertiary/aromatic N) is 3. The summed E-state index contributed by atoms with van der Waals surface area (Å²) >= 11 is 0. The van der Waals surface area contributed by atoms with Crippen LogP contribution in [-0.4, -0.2) is 57.3 Å². The third kappa shape index (κ3) is 5.61. The Morgan fingerprint density at radius 3 is 2.56 bits per heavy atom. The number of aliphatic imine (C=N–C) groups is 1. The molecule has 1 aromatic rings. The molecule has 1 aromatic carbocycles.